The molecule has 0 atom stereocenters. The zero-order valence-electron chi connectivity index (χ0n) is 17.6. The first-order valence-corrected chi connectivity index (χ1v) is 10.1. The summed E-state index contributed by atoms with van der Waals surface area (Å²) in [4.78, 5) is 12.7. The van der Waals surface area contributed by atoms with E-state index in [9.17, 15) is 4.79 Å². The average Bonchev–Trinajstić information content (AvgIpc) is 3.16. The van der Waals surface area contributed by atoms with E-state index in [1.54, 1.807) is 22.7 Å². The smallest absolute Gasteiger partial charge is 0.255 e. The fourth-order valence-corrected chi connectivity index (χ4v) is 3.17. The van der Waals surface area contributed by atoms with Crippen LogP contribution in [0.3, 0.4) is 0 Å². The molecule has 0 unspecified atom stereocenters. The summed E-state index contributed by atoms with van der Waals surface area (Å²) in [6.45, 7) is 6.66. The minimum absolute atomic E-state index is 0.226. The van der Waals surface area contributed by atoms with Crippen LogP contribution in [0.25, 0.3) is 16.9 Å². The summed E-state index contributed by atoms with van der Waals surface area (Å²) in [7, 11) is 0. The highest BCUT2D eigenvalue weighted by atomic mass is 16.5. The van der Waals surface area contributed by atoms with Gasteiger partial charge >= 0.3 is 0 Å². The Morgan fingerprint density at radius 1 is 0.935 bits per heavy atom. The molecule has 0 aliphatic rings. The maximum absolute atomic E-state index is 12.7. The van der Waals surface area contributed by atoms with Crippen molar-refractivity contribution >= 4 is 17.2 Å². The second-order valence-electron chi connectivity index (χ2n) is 6.79. The summed E-state index contributed by atoms with van der Waals surface area (Å²) < 4.78 is 12.9. The van der Waals surface area contributed by atoms with Crippen LogP contribution in [0.4, 0.5) is 5.69 Å². The molecule has 0 aliphatic heterocycles. The Morgan fingerprint density at radius 2 is 1.68 bits per heavy atom. The number of carbonyl (C=O) groups excluding carboxylic acids is 1. The number of aromatic nitrogens is 4. The van der Waals surface area contributed by atoms with Gasteiger partial charge in [0.05, 0.1) is 18.9 Å². The number of carbonyl (C=O) groups is 1. The van der Waals surface area contributed by atoms with Gasteiger partial charge in [0.25, 0.3) is 5.91 Å². The van der Waals surface area contributed by atoms with E-state index in [0.717, 1.165) is 17.1 Å². The Hall–Kier alpha value is -3.94. The normalized spacial score (nSPS) is 10.8. The second-order valence-corrected chi connectivity index (χ2v) is 6.79. The van der Waals surface area contributed by atoms with Gasteiger partial charge in [-0.3, -0.25) is 4.79 Å². The zero-order valence-corrected chi connectivity index (χ0v) is 17.6. The number of aryl methyl sites for hydroxylation is 1. The maximum atomic E-state index is 12.7. The van der Waals surface area contributed by atoms with Gasteiger partial charge in [-0.25, -0.2) is 0 Å². The van der Waals surface area contributed by atoms with Crippen LogP contribution in [0.5, 0.6) is 11.5 Å². The van der Waals surface area contributed by atoms with Crippen molar-refractivity contribution in [3.63, 3.8) is 0 Å². The number of anilines is 1. The van der Waals surface area contributed by atoms with Crippen molar-refractivity contribution < 1.29 is 14.3 Å². The van der Waals surface area contributed by atoms with Crippen molar-refractivity contribution in [1.82, 2.24) is 19.8 Å². The molecule has 0 aliphatic carbocycles. The molecule has 0 saturated carbocycles. The first-order chi connectivity index (χ1) is 15.1. The first-order valence-electron chi connectivity index (χ1n) is 10.1. The van der Waals surface area contributed by atoms with E-state index in [4.69, 9.17) is 9.47 Å². The molecule has 8 nitrogen and oxygen atoms in total. The van der Waals surface area contributed by atoms with Crippen LogP contribution in [0, 0.1) is 6.92 Å². The molecule has 2 heterocycles. The Morgan fingerprint density at radius 3 is 2.42 bits per heavy atom. The molecule has 2 aromatic heterocycles. The van der Waals surface area contributed by atoms with Gasteiger partial charge in [-0.1, -0.05) is 12.1 Å². The Labute approximate surface area is 179 Å². The van der Waals surface area contributed by atoms with Gasteiger partial charge in [-0.05, 0) is 63.2 Å². The predicted octanol–water partition coefficient (Wildman–Crippen LogP) is 4.15. The fourth-order valence-electron chi connectivity index (χ4n) is 3.17. The van der Waals surface area contributed by atoms with Gasteiger partial charge < -0.3 is 14.8 Å². The third kappa shape index (κ3) is 4.32. The minimum Gasteiger partial charge on any atom is -0.490 e. The number of nitrogens with one attached hydrogen (secondary N) is 1. The van der Waals surface area contributed by atoms with E-state index in [2.05, 4.69) is 20.6 Å². The van der Waals surface area contributed by atoms with Crippen molar-refractivity contribution in [3.8, 4) is 22.8 Å². The number of hydrogen-bond acceptors (Lipinski definition) is 6. The number of benzene rings is 2. The summed E-state index contributed by atoms with van der Waals surface area (Å²) in [6.07, 6.45) is 0. The van der Waals surface area contributed by atoms with E-state index in [1.807, 2.05) is 57.2 Å². The van der Waals surface area contributed by atoms with E-state index < -0.39 is 0 Å². The van der Waals surface area contributed by atoms with Gasteiger partial charge in [0, 0.05) is 16.8 Å². The fraction of sp³-hybridized carbons (Fsp3) is 0.217. The lowest BCUT2D eigenvalue weighted by Crippen LogP contribution is -2.12. The number of nitrogens with zero attached hydrogens (tertiary/aromatic N) is 4. The zero-order chi connectivity index (χ0) is 21.8. The quantitative estimate of drug-likeness (QED) is 0.486. The number of fused-ring (bicyclic) bond motifs is 1. The molecule has 2 aromatic carbocycles. The largest absolute Gasteiger partial charge is 0.490 e. The van der Waals surface area contributed by atoms with Crippen molar-refractivity contribution in [3.05, 3.63) is 66.0 Å². The monoisotopic (exact) mass is 417 g/mol. The maximum Gasteiger partial charge on any atom is 0.255 e. The number of rotatable bonds is 7. The van der Waals surface area contributed by atoms with Crippen LogP contribution < -0.4 is 14.8 Å². The summed E-state index contributed by atoms with van der Waals surface area (Å²) in [5, 5.41) is 15.6. The van der Waals surface area contributed by atoms with Crippen molar-refractivity contribution in [2.24, 2.45) is 0 Å². The third-order valence-electron chi connectivity index (χ3n) is 4.66. The van der Waals surface area contributed by atoms with Gasteiger partial charge in [0.2, 0.25) is 0 Å². The Bertz CT molecular complexity index is 1220. The molecule has 0 radical (unpaired) electrons. The van der Waals surface area contributed by atoms with Crippen LogP contribution in [0.1, 0.15) is 30.0 Å². The standard InChI is InChI=1S/C23H23N5O3/c1-4-30-20-12-8-17(14-21(20)31-5-2)23(29)24-18-9-6-16(7-10-18)19-11-13-22-26-25-15(3)28(22)27-19/h6-14H,4-5H2,1-3H3,(H,24,29). The lowest BCUT2D eigenvalue weighted by atomic mass is 10.1. The van der Waals surface area contributed by atoms with Crippen molar-refractivity contribution in [1.29, 1.82) is 0 Å². The SMILES string of the molecule is CCOc1ccc(C(=O)Nc2ccc(-c3ccc4nnc(C)n4n3)cc2)cc1OCC. The molecule has 0 fully saturated rings. The van der Waals surface area contributed by atoms with E-state index >= 15 is 0 Å². The molecule has 158 valence electrons. The van der Waals surface area contributed by atoms with E-state index in [0.29, 0.717) is 41.6 Å². The topological polar surface area (TPSA) is 90.6 Å². The van der Waals surface area contributed by atoms with Gasteiger partial charge in [0.15, 0.2) is 23.0 Å². The first kappa shape index (κ1) is 20.3. The molecule has 0 spiro atoms. The van der Waals surface area contributed by atoms with Crippen LogP contribution in [0.2, 0.25) is 0 Å². The lowest BCUT2D eigenvalue weighted by Gasteiger charge is -2.12. The molecule has 4 rings (SSSR count). The highest BCUT2D eigenvalue weighted by Gasteiger charge is 2.12. The molecule has 8 heteroatoms. The van der Waals surface area contributed by atoms with Crippen molar-refractivity contribution in [2.75, 3.05) is 18.5 Å². The average molecular weight is 417 g/mol. The van der Waals surface area contributed by atoms with Crippen molar-refractivity contribution in [2.45, 2.75) is 20.8 Å². The van der Waals surface area contributed by atoms with Gasteiger partial charge in [-0.2, -0.15) is 9.61 Å². The molecule has 0 bridgehead atoms. The predicted molar refractivity (Wildman–Crippen MR) is 118 cm³/mol. The third-order valence-corrected chi connectivity index (χ3v) is 4.66. The van der Waals surface area contributed by atoms with Crippen LogP contribution >= 0.6 is 0 Å². The highest BCUT2D eigenvalue weighted by molar-refractivity contribution is 6.04. The van der Waals surface area contributed by atoms with E-state index in [-0.39, 0.29) is 5.91 Å². The molecule has 0 saturated heterocycles. The minimum atomic E-state index is -0.226. The summed E-state index contributed by atoms with van der Waals surface area (Å²) in [5.41, 5.74) is 3.59. The second kappa shape index (κ2) is 8.83. The van der Waals surface area contributed by atoms with E-state index in [1.165, 1.54) is 0 Å². The molecular weight excluding hydrogens is 394 g/mol. The van der Waals surface area contributed by atoms with Crippen LogP contribution in [-0.2, 0) is 0 Å². The summed E-state index contributed by atoms with van der Waals surface area (Å²) in [5.74, 6) is 1.68. The molecule has 4 aromatic rings. The molecule has 1 amide bonds. The van der Waals surface area contributed by atoms with Crippen LogP contribution in [0.15, 0.2) is 54.6 Å². The lowest BCUT2D eigenvalue weighted by molar-refractivity contribution is 0.102. The number of amides is 1. The van der Waals surface area contributed by atoms with Gasteiger partial charge in [0.1, 0.15) is 0 Å². The summed E-state index contributed by atoms with van der Waals surface area (Å²) >= 11 is 0. The molecule has 1 N–H and O–H groups in total. The van der Waals surface area contributed by atoms with Crippen LogP contribution in [-0.4, -0.2) is 38.9 Å². The number of ether oxygens (including phenoxy) is 2. The number of hydrogen-bond donors (Lipinski definition) is 1. The summed E-state index contributed by atoms with van der Waals surface area (Å²) in [6, 6.07) is 16.4. The Kier molecular flexibility index (Phi) is 5.79. The van der Waals surface area contributed by atoms with Gasteiger partial charge in [-0.15, -0.1) is 10.2 Å². The molecule has 31 heavy (non-hydrogen) atoms. The Balaban J connectivity index is 1.51. The highest BCUT2D eigenvalue weighted by Crippen LogP contribution is 2.29. The molecular formula is C23H23N5O3.